The summed E-state index contributed by atoms with van der Waals surface area (Å²) in [5.41, 5.74) is 7.08. The maximum absolute atomic E-state index is 12.3. The van der Waals surface area contributed by atoms with Gasteiger partial charge in [-0.1, -0.05) is 25.1 Å². The van der Waals surface area contributed by atoms with E-state index in [0.717, 1.165) is 6.26 Å². The Labute approximate surface area is 126 Å². The minimum absolute atomic E-state index is 0.159. The molecular weight excluding hydrogens is 312 g/mol. The molecule has 0 aliphatic carbocycles. The lowest BCUT2D eigenvalue weighted by molar-refractivity contribution is 0.407. The number of hydrogen-bond acceptors (Lipinski definition) is 5. The van der Waals surface area contributed by atoms with Gasteiger partial charge in [0.1, 0.15) is 9.84 Å². The van der Waals surface area contributed by atoms with Gasteiger partial charge in [0, 0.05) is 25.0 Å². The largest absolute Gasteiger partial charge is 0.398 e. The summed E-state index contributed by atoms with van der Waals surface area (Å²) in [6.07, 6.45) is 1.67. The van der Waals surface area contributed by atoms with E-state index in [1.807, 2.05) is 6.92 Å². The van der Waals surface area contributed by atoms with Crippen molar-refractivity contribution in [3.8, 4) is 0 Å². The molecule has 1 aromatic rings. The minimum Gasteiger partial charge on any atom is -0.398 e. The zero-order valence-corrected chi connectivity index (χ0v) is 14.0. The molecule has 6 nitrogen and oxygen atoms in total. The first kappa shape index (κ1) is 17.9. The summed E-state index contributed by atoms with van der Waals surface area (Å²) in [6, 6.07) is 7.05. The van der Waals surface area contributed by atoms with E-state index >= 15 is 0 Å². The molecule has 0 unspecified atom stereocenters. The van der Waals surface area contributed by atoms with Crippen molar-refractivity contribution >= 4 is 25.5 Å². The number of benzene rings is 1. The molecule has 0 aliphatic heterocycles. The number of sulfonamides is 1. The molecule has 1 rings (SSSR count). The number of nitrogens with two attached hydrogens (primary N) is 1. The molecule has 8 heteroatoms. The van der Waals surface area contributed by atoms with Gasteiger partial charge < -0.3 is 5.73 Å². The van der Waals surface area contributed by atoms with Crippen LogP contribution in [0.3, 0.4) is 0 Å². The second kappa shape index (κ2) is 7.24. The summed E-state index contributed by atoms with van der Waals surface area (Å²) >= 11 is 0. The van der Waals surface area contributed by atoms with Gasteiger partial charge in [0.05, 0.1) is 11.5 Å². The number of nitrogens with zero attached hydrogens (tertiary/aromatic N) is 1. The van der Waals surface area contributed by atoms with Crippen molar-refractivity contribution in [3.05, 3.63) is 29.8 Å². The molecule has 0 atom stereocenters. The van der Waals surface area contributed by atoms with Crippen molar-refractivity contribution in [3.63, 3.8) is 0 Å². The second-order valence-electron chi connectivity index (χ2n) is 4.98. The van der Waals surface area contributed by atoms with E-state index < -0.39 is 25.6 Å². The quantitative estimate of drug-likeness (QED) is 0.711. The smallest absolute Gasteiger partial charge is 0.215 e. The van der Waals surface area contributed by atoms with E-state index in [1.165, 1.54) is 4.31 Å². The highest BCUT2D eigenvalue weighted by atomic mass is 32.2. The van der Waals surface area contributed by atoms with Gasteiger partial charge in [-0.3, -0.25) is 0 Å². The molecular formula is C13H22N2O4S2. The topological polar surface area (TPSA) is 97.5 Å². The molecule has 0 aromatic heterocycles. The number of nitrogen functional groups attached to an aromatic ring is 1. The van der Waals surface area contributed by atoms with Crippen molar-refractivity contribution in [2.75, 3.05) is 30.0 Å². The third kappa shape index (κ3) is 6.03. The molecule has 21 heavy (non-hydrogen) atoms. The van der Waals surface area contributed by atoms with Gasteiger partial charge in [-0.05, 0) is 18.1 Å². The highest BCUT2D eigenvalue weighted by Crippen LogP contribution is 2.16. The van der Waals surface area contributed by atoms with Crippen LogP contribution in [0.1, 0.15) is 18.9 Å². The van der Waals surface area contributed by atoms with Gasteiger partial charge in [-0.25, -0.2) is 16.8 Å². The average molecular weight is 334 g/mol. The molecule has 0 saturated carbocycles. The monoisotopic (exact) mass is 334 g/mol. The fourth-order valence-electron chi connectivity index (χ4n) is 1.82. The maximum atomic E-state index is 12.3. The van der Waals surface area contributed by atoms with Crippen LogP contribution in [0.15, 0.2) is 24.3 Å². The van der Waals surface area contributed by atoms with E-state index in [4.69, 9.17) is 5.73 Å². The molecule has 120 valence electrons. The number of sulfone groups is 1. The lowest BCUT2D eigenvalue weighted by atomic mass is 10.2. The molecule has 0 aliphatic rings. The third-order valence-electron chi connectivity index (χ3n) is 2.98. The fraction of sp³-hybridized carbons (Fsp3) is 0.538. The molecule has 0 bridgehead atoms. The molecule has 0 amide bonds. The standard InChI is InChI=1S/C13H22N2O4S2/c1-3-8-15(11-12-6-4-5-7-13(12)14)21(18,19)10-9-20(2,16)17/h4-7H,3,8-11,14H2,1-2H3. The highest BCUT2D eigenvalue weighted by molar-refractivity contribution is 7.93. The van der Waals surface area contributed by atoms with Crippen LogP contribution in [0, 0.1) is 0 Å². The number of hydrogen-bond donors (Lipinski definition) is 1. The van der Waals surface area contributed by atoms with Gasteiger partial charge in [0.15, 0.2) is 0 Å². The molecule has 0 spiro atoms. The fourth-order valence-corrected chi connectivity index (χ4v) is 4.93. The predicted molar refractivity (Wildman–Crippen MR) is 85.1 cm³/mol. The minimum atomic E-state index is -3.63. The van der Waals surface area contributed by atoms with Crippen LogP contribution in [0.4, 0.5) is 5.69 Å². The Kier molecular flexibility index (Phi) is 6.18. The van der Waals surface area contributed by atoms with Crippen LogP contribution in [0.25, 0.3) is 0 Å². The summed E-state index contributed by atoms with van der Waals surface area (Å²) in [5, 5.41) is 0. The van der Waals surface area contributed by atoms with Crippen LogP contribution < -0.4 is 5.73 Å². The van der Waals surface area contributed by atoms with E-state index in [2.05, 4.69) is 0 Å². The molecule has 0 fully saturated rings. The third-order valence-corrected chi connectivity index (χ3v) is 6.00. The predicted octanol–water partition coefficient (Wildman–Crippen LogP) is 0.855. The van der Waals surface area contributed by atoms with Gasteiger partial charge in [0.2, 0.25) is 10.0 Å². The normalized spacial score (nSPS) is 12.7. The zero-order chi connectivity index (χ0) is 16.1. The van der Waals surface area contributed by atoms with E-state index in [9.17, 15) is 16.8 Å². The Morgan fingerprint density at radius 3 is 2.24 bits per heavy atom. The van der Waals surface area contributed by atoms with Crippen LogP contribution >= 0.6 is 0 Å². The Morgan fingerprint density at radius 1 is 1.10 bits per heavy atom. The van der Waals surface area contributed by atoms with Crippen molar-refractivity contribution in [2.45, 2.75) is 19.9 Å². The zero-order valence-electron chi connectivity index (χ0n) is 12.3. The van der Waals surface area contributed by atoms with Gasteiger partial charge in [0.25, 0.3) is 0 Å². The lowest BCUT2D eigenvalue weighted by Gasteiger charge is -2.22. The van der Waals surface area contributed by atoms with Crippen LogP contribution in [-0.4, -0.2) is 45.4 Å². The Balaban J connectivity index is 2.93. The van der Waals surface area contributed by atoms with Gasteiger partial charge in [-0.2, -0.15) is 4.31 Å². The van der Waals surface area contributed by atoms with Crippen molar-refractivity contribution in [1.82, 2.24) is 4.31 Å². The van der Waals surface area contributed by atoms with Crippen molar-refractivity contribution in [1.29, 1.82) is 0 Å². The SMILES string of the molecule is CCCN(Cc1ccccc1N)S(=O)(=O)CCS(C)(=O)=O. The molecule has 0 radical (unpaired) electrons. The summed E-state index contributed by atoms with van der Waals surface area (Å²) < 4.78 is 48.2. The van der Waals surface area contributed by atoms with Crippen molar-refractivity contribution in [2.24, 2.45) is 0 Å². The number of rotatable bonds is 8. The van der Waals surface area contributed by atoms with Gasteiger partial charge in [-0.15, -0.1) is 0 Å². The Morgan fingerprint density at radius 2 is 1.71 bits per heavy atom. The molecule has 2 N–H and O–H groups in total. The maximum Gasteiger partial charge on any atom is 0.215 e. The van der Waals surface area contributed by atoms with Crippen LogP contribution in [0.2, 0.25) is 0 Å². The second-order valence-corrected chi connectivity index (χ2v) is 9.33. The highest BCUT2D eigenvalue weighted by Gasteiger charge is 2.23. The average Bonchev–Trinajstić information content (AvgIpc) is 2.38. The number of anilines is 1. The van der Waals surface area contributed by atoms with E-state index in [0.29, 0.717) is 24.2 Å². The van der Waals surface area contributed by atoms with Crippen LogP contribution in [-0.2, 0) is 26.4 Å². The molecule has 0 saturated heterocycles. The van der Waals surface area contributed by atoms with E-state index in [1.54, 1.807) is 24.3 Å². The number of para-hydroxylation sites is 1. The van der Waals surface area contributed by atoms with Crippen molar-refractivity contribution < 1.29 is 16.8 Å². The van der Waals surface area contributed by atoms with Crippen LogP contribution in [0.5, 0.6) is 0 Å². The Bertz CT molecular complexity index is 669. The first-order valence-electron chi connectivity index (χ1n) is 6.64. The summed E-state index contributed by atoms with van der Waals surface area (Å²) in [5.74, 6) is -0.779. The van der Waals surface area contributed by atoms with Gasteiger partial charge >= 0.3 is 0 Å². The Hall–Kier alpha value is -1.12. The first-order valence-corrected chi connectivity index (χ1v) is 10.3. The summed E-state index contributed by atoms with van der Waals surface area (Å²) in [4.78, 5) is 0. The molecule has 1 aromatic carbocycles. The lowest BCUT2D eigenvalue weighted by Crippen LogP contribution is -2.35. The summed E-state index contributed by atoms with van der Waals surface area (Å²) in [7, 11) is -6.95. The van der Waals surface area contributed by atoms with E-state index in [-0.39, 0.29) is 12.3 Å². The first-order chi connectivity index (χ1) is 9.65. The molecule has 0 heterocycles. The summed E-state index contributed by atoms with van der Waals surface area (Å²) in [6.45, 7) is 2.36.